The average Bonchev–Trinajstić information content (AvgIpc) is 3.45. The van der Waals surface area contributed by atoms with Crippen LogP contribution >= 0.6 is 11.6 Å². The molecule has 18 heteroatoms. The molecule has 42 heavy (non-hydrogen) atoms. The Morgan fingerprint density at radius 3 is 2.38 bits per heavy atom. The van der Waals surface area contributed by atoms with Crippen molar-refractivity contribution in [2.75, 3.05) is 0 Å². The number of esters is 1. The summed E-state index contributed by atoms with van der Waals surface area (Å²) in [5.74, 6) is -1.07. The lowest BCUT2D eigenvalue weighted by Crippen LogP contribution is -2.37. The third-order valence-electron chi connectivity index (χ3n) is 5.83. The highest BCUT2D eigenvalue weighted by Gasteiger charge is 2.39. The highest BCUT2D eigenvalue weighted by Crippen LogP contribution is 2.26. The van der Waals surface area contributed by atoms with E-state index in [0.717, 1.165) is 16.3 Å². The number of rotatable bonds is 9. The zero-order chi connectivity index (χ0) is 31.0. The summed E-state index contributed by atoms with van der Waals surface area (Å²) in [6, 6.07) is 11.3. The van der Waals surface area contributed by atoms with E-state index in [1.54, 1.807) is 0 Å². The summed E-state index contributed by atoms with van der Waals surface area (Å²) >= 11 is 5.91. The predicted octanol–water partition coefficient (Wildman–Crippen LogP) is 2.19. The second kappa shape index (κ2) is 11.7. The molecule has 4 aromatic rings. The first-order valence-corrected chi connectivity index (χ1v) is 13.9. The maximum atomic E-state index is 13.3. The molecular weight excluding hydrogens is 607 g/mol. The molecule has 2 aromatic carbocycles. The van der Waals surface area contributed by atoms with E-state index in [2.05, 4.69) is 15.2 Å². The number of para-hydroxylation sites is 1. The fraction of sp³-hybridized carbons (Fsp3) is 0.292. The van der Waals surface area contributed by atoms with Gasteiger partial charge >= 0.3 is 17.8 Å². The van der Waals surface area contributed by atoms with Crippen LogP contribution in [0.25, 0.3) is 17.1 Å². The molecule has 13 nitrogen and oxygen atoms in total. The Morgan fingerprint density at radius 2 is 1.79 bits per heavy atom. The standard InChI is InChI=1S/C24H23ClF3N7O6S/c1-13(41-14(2)36)21-30-20(31-35(21)17-5-3-4-6-18(17)42(29,39)40)12-34-23(38)33(11-19(37)24(26,27)28)22(32-34)15-7-9-16(25)10-8-15/h3-10,13,19,37H,11-12H2,1-2H3,(H2,29,39,40)/t13?,19-/m0/s1. The second-order valence-electron chi connectivity index (χ2n) is 9.00. The van der Waals surface area contributed by atoms with Crippen LogP contribution in [0.4, 0.5) is 13.2 Å². The van der Waals surface area contributed by atoms with E-state index < -0.39 is 53.2 Å². The van der Waals surface area contributed by atoms with E-state index in [0.29, 0.717) is 9.59 Å². The van der Waals surface area contributed by atoms with Crippen LogP contribution in [0.2, 0.25) is 5.02 Å². The SMILES string of the molecule is CC(=O)OC(C)c1nc(Cn2nc(-c3ccc(Cl)cc3)n(C[C@H](O)C(F)(F)F)c2=O)nn1-c1ccccc1S(N)(=O)=O. The number of carbonyl (C=O) groups is 1. The maximum Gasteiger partial charge on any atom is 0.416 e. The monoisotopic (exact) mass is 629 g/mol. The van der Waals surface area contributed by atoms with Gasteiger partial charge < -0.3 is 9.84 Å². The Morgan fingerprint density at radius 1 is 1.14 bits per heavy atom. The number of halogens is 4. The van der Waals surface area contributed by atoms with Gasteiger partial charge in [-0.15, -0.1) is 10.2 Å². The number of carbonyl (C=O) groups excluding carboxylic acids is 1. The van der Waals surface area contributed by atoms with Gasteiger partial charge in [0.05, 0.1) is 12.2 Å². The number of primary sulfonamides is 1. The van der Waals surface area contributed by atoms with Gasteiger partial charge in [-0.1, -0.05) is 23.7 Å². The Bertz CT molecular complexity index is 1780. The van der Waals surface area contributed by atoms with Crippen molar-refractivity contribution in [1.82, 2.24) is 29.1 Å². The number of hydrogen-bond donors (Lipinski definition) is 2. The fourth-order valence-corrected chi connectivity index (χ4v) is 4.82. The lowest BCUT2D eigenvalue weighted by molar-refractivity contribution is -0.207. The first-order valence-electron chi connectivity index (χ1n) is 12.0. The molecule has 0 spiro atoms. The van der Waals surface area contributed by atoms with Gasteiger partial charge in [-0.05, 0) is 43.3 Å². The van der Waals surface area contributed by atoms with Crippen LogP contribution in [0.1, 0.15) is 31.6 Å². The lowest BCUT2D eigenvalue weighted by atomic mass is 10.2. The van der Waals surface area contributed by atoms with Crippen LogP contribution in [-0.4, -0.2) is 60.9 Å². The zero-order valence-electron chi connectivity index (χ0n) is 21.9. The quantitative estimate of drug-likeness (QED) is 0.263. The van der Waals surface area contributed by atoms with E-state index in [1.165, 1.54) is 55.5 Å². The molecule has 0 fully saturated rings. The minimum Gasteiger partial charge on any atom is -0.455 e. The summed E-state index contributed by atoms with van der Waals surface area (Å²) < 4.78 is 71.7. The summed E-state index contributed by atoms with van der Waals surface area (Å²) in [5, 5.41) is 23.8. The first-order chi connectivity index (χ1) is 19.6. The van der Waals surface area contributed by atoms with Crippen LogP contribution in [0, 0.1) is 0 Å². The molecule has 0 saturated heterocycles. The lowest BCUT2D eigenvalue weighted by Gasteiger charge is -2.15. The molecule has 224 valence electrons. The minimum absolute atomic E-state index is 0.0409. The van der Waals surface area contributed by atoms with Crippen LogP contribution < -0.4 is 10.8 Å². The average molecular weight is 630 g/mol. The van der Waals surface area contributed by atoms with Gasteiger partial charge in [0, 0.05) is 17.5 Å². The summed E-state index contributed by atoms with van der Waals surface area (Å²) in [5.41, 5.74) is -0.839. The van der Waals surface area contributed by atoms with Crippen molar-refractivity contribution < 1.29 is 36.2 Å². The summed E-state index contributed by atoms with van der Waals surface area (Å²) in [6.07, 6.45) is -8.95. The van der Waals surface area contributed by atoms with Crippen LogP contribution in [0.5, 0.6) is 0 Å². The third kappa shape index (κ3) is 6.70. The molecular formula is C24H23ClF3N7O6S. The second-order valence-corrected chi connectivity index (χ2v) is 11.0. The van der Waals surface area contributed by atoms with E-state index in [9.17, 15) is 36.3 Å². The fourth-order valence-electron chi connectivity index (χ4n) is 3.98. The molecule has 2 aromatic heterocycles. The molecule has 0 aliphatic carbocycles. The Balaban J connectivity index is 1.84. The molecule has 0 radical (unpaired) electrons. The molecule has 1 unspecified atom stereocenters. The van der Waals surface area contributed by atoms with Gasteiger partial charge in [0.2, 0.25) is 10.0 Å². The Hall–Kier alpha value is -4.06. The number of hydrogen-bond acceptors (Lipinski definition) is 9. The van der Waals surface area contributed by atoms with Gasteiger partial charge in [-0.3, -0.25) is 9.36 Å². The largest absolute Gasteiger partial charge is 0.455 e. The number of nitrogens with two attached hydrogens (primary N) is 1. The van der Waals surface area contributed by atoms with Gasteiger partial charge in [-0.2, -0.15) is 13.2 Å². The van der Waals surface area contributed by atoms with Crippen molar-refractivity contribution in [3.05, 3.63) is 75.7 Å². The molecule has 0 aliphatic heterocycles. The minimum atomic E-state index is -5.02. The number of alkyl halides is 3. The van der Waals surface area contributed by atoms with E-state index >= 15 is 0 Å². The van der Waals surface area contributed by atoms with Crippen molar-refractivity contribution in [3.8, 4) is 17.1 Å². The number of aliphatic hydroxyl groups is 1. The summed E-state index contributed by atoms with van der Waals surface area (Å²) in [4.78, 5) is 28.9. The van der Waals surface area contributed by atoms with Gasteiger partial charge in [0.1, 0.15) is 11.4 Å². The number of nitrogens with zero attached hydrogens (tertiary/aromatic N) is 6. The third-order valence-corrected chi connectivity index (χ3v) is 7.04. The molecule has 2 atom stereocenters. The zero-order valence-corrected chi connectivity index (χ0v) is 23.4. The Labute approximate surface area is 241 Å². The van der Waals surface area contributed by atoms with E-state index in [4.69, 9.17) is 21.5 Å². The molecule has 0 bridgehead atoms. The number of benzene rings is 2. The van der Waals surface area contributed by atoms with Crippen molar-refractivity contribution in [1.29, 1.82) is 0 Å². The van der Waals surface area contributed by atoms with Crippen molar-refractivity contribution in [2.24, 2.45) is 5.14 Å². The van der Waals surface area contributed by atoms with E-state index in [1.807, 2.05) is 0 Å². The van der Waals surface area contributed by atoms with Crippen LogP contribution in [0.15, 0.2) is 58.2 Å². The number of ether oxygens (including phenoxy) is 1. The van der Waals surface area contributed by atoms with Gasteiger partial charge in [-0.25, -0.2) is 32.7 Å². The number of aliphatic hydroxyl groups excluding tert-OH is 1. The topological polar surface area (TPSA) is 177 Å². The summed E-state index contributed by atoms with van der Waals surface area (Å²) in [7, 11) is -4.26. The molecule has 0 amide bonds. The molecule has 3 N–H and O–H groups in total. The molecule has 4 rings (SSSR count). The van der Waals surface area contributed by atoms with Crippen LogP contribution in [-0.2, 0) is 32.6 Å². The number of aromatic nitrogens is 6. The van der Waals surface area contributed by atoms with Gasteiger partial charge in [0.25, 0.3) is 0 Å². The normalized spacial score (nSPS) is 13.6. The maximum absolute atomic E-state index is 13.3. The first kappa shape index (κ1) is 30.9. The molecule has 2 heterocycles. The molecule has 0 aliphatic rings. The van der Waals surface area contributed by atoms with Crippen molar-refractivity contribution in [2.45, 2.75) is 50.2 Å². The Kier molecular flexibility index (Phi) is 8.58. The highest BCUT2D eigenvalue weighted by molar-refractivity contribution is 7.89. The van der Waals surface area contributed by atoms with E-state index in [-0.39, 0.29) is 33.6 Å². The van der Waals surface area contributed by atoms with Gasteiger partial charge in [0.15, 0.2) is 29.7 Å². The van der Waals surface area contributed by atoms with Crippen molar-refractivity contribution >= 4 is 27.6 Å². The highest BCUT2D eigenvalue weighted by atomic mass is 35.5. The number of sulfonamides is 1. The predicted molar refractivity (Wildman–Crippen MR) is 141 cm³/mol. The van der Waals surface area contributed by atoms with Crippen molar-refractivity contribution in [3.63, 3.8) is 0 Å². The van der Waals surface area contributed by atoms with Crippen LogP contribution in [0.3, 0.4) is 0 Å². The molecule has 0 saturated carbocycles. The smallest absolute Gasteiger partial charge is 0.416 e. The summed E-state index contributed by atoms with van der Waals surface area (Å²) in [6.45, 7) is 0.942.